The molecule has 0 saturated carbocycles. The predicted molar refractivity (Wildman–Crippen MR) is 51.6 cm³/mol. The molecule has 72 valence electrons. The summed E-state index contributed by atoms with van der Waals surface area (Å²) < 4.78 is 5.54. The summed E-state index contributed by atoms with van der Waals surface area (Å²) >= 11 is 0. The zero-order valence-corrected chi connectivity index (χ0v) is 8.26. The predicted octanol–water partition coefficient (Wildman–Crippen LogP) is 1.21. The summed E-state index contributed by atoms with van der Waals surface area (Å²) in [5, 5.41) is 0. The van der Waals surface area contributed by atoms with E-state index in [9.17, 15) is 0 Å². The largest absolute Gasteiger partial charge is 0.374 e. The van der Waals surface area contributed by atoms with E-state index in [0.717, 1.165) is 6.42 Å². The van der Waals surface area contributed by atoms with E-state index in [2.05, 4.69) is 12.0 Å². The van der Waals surface area contributed by atoms with Gasteiger partial charge in [0.05, 0.1) is 11.6 Å². The molecule has 0 amide bonds. The lowest BCUT2D eigenvalue weighted by Crippen LogP contribution is -2.51. The zero-order chi connectivity index (χ0) is 9.61. The molecule has 0 radical (unpaired) electrons. The SMILES string of the molecule is C=CCC(NN)C(C)(C)OCC. The molecular formula is C9H20N2O. The van der Waals surface area contributed by atoms with Crippen LogP contribution in [-0.4, -0.2) is 18.2 Å². The fourth-order valence-electron chi connectivity index (χ4n) is 1.19. The van der Waals surface area contributed by atoms with E-state index in [1.165, 1.54) is 0 Å². The Bertz CT molecular complexity index is 134. The molecule has 1 unspecified atom stereocenters. The first-order chi connectivity index (χ1) is 5.58. The highest BCUT2D eigenvalue weighted by atomic mass is 16.5. The smallest absolute Gasteiger partial charge is 0.0795 e. The van der Waals surface area contributed by atoms with Crippen LogP contribution >= 0.6 is 0 Å². The maximum Gasteiger partial charge on any atom is 0.0795 e. The molecule has 0 spiro atoms. The van der Waals surface area contributed by atoms with Crippen LogP contribution in [0.25, 0.3) is 0 Å². The first-order valence-corrected chi connectivity index (χ1v) is 4.29. The maximum atomic E-state index is 5.54. The second-order valence-electron chi connectivity index (χ2n) is 3.28. The van der Waals surface area contributed by atoms with Gasteiger partial charge in [0.1, 0.15) is 0 Å². The van der Waals surface area contributed by atoms with Gasteiger partial charge in [0.15, 0.2) is 0 Å². The summed E-state index contributed by atoms with van der Waals surface area (Å²) in [6, 6.07) is 0.120. The Hall–Kier alpha value is -0.380. The molecule has 0 aliphatic rings. The van der Waals surface area contributed by atoms with E-state index in [4.69, 9.17) is 10.6 Å². The van der Waals surface area contributed by atoms with Gasteiger partial charge in [0.2, 0.25) is 0 Å². The van der Waals surface area contributed by atoms with Crippen molar-refractivity contribution in [3.63, 3.8) is 0 Å². The quantitative estimate of drug-likeness (QED) is 0.359. The van der Waals surface area contributed by atoms with Crippen molar-refractivity contribution in [2.75, 3.05) is 6.61 Å². The minimum Gasteiger partial charge on any atom is -0.374 e. The summed E-state index contributed by atoms with van der Waals surface area (Å²) in [4.78, 5) is 0. The van der Waals surface area contributed by atoms with Crippen LogP contribution in [0.4, 0.5) is 0 Å². The van der Waals surface area contributed by atoms with Crippen molar-refractivity contribution in [3.05, 3.63) is 12.7 Å². The molecule has 3 nitrogen and oxygen atoms in total. The van der Waals surface area contributed by atoms with E-state index in [0.29, 0.717) is 6.61 Å². The summed E-state index contributed by atoms with van der Waals surface area (Å²) in [5.74, 6) is 5.40. The number of hydrogen-bond acceptors (Lipinski definition) is 3. The summed E-state index contributed by atoms with van der Waals surface area (Å²) in [6.07, 6.45) is 2.65. The molecule has 0 saturated heterocycles. The number of nitrogens with one attached hydrogen (secondary N) is 1. The molecule has 0 bridgehead atoms. The molecule has 0 aliphatic carbocycles. The summed E-state index contributed by atoms with van der Waals surface area (Å²) in [7, 11) is 0. The van der Waals surface area contributed by atoms with Crippen molar-refractivity contribution in [1.82, 2.24) is 5.43 Å². The van der Waals surface area contributed by atoms with Crippen LogP contribution in [0.2, 0.25) is 0 Å². The van der Waals surface area contributed by atoms with Gasteiger partial charge in [0, 0.05) is 6.61 Å². The molecule has 0 aromatic rings. The van der Waals surface area contributed by atoms with Crippen LogP contribution in [0, 0.1) is 0 Å². The Morgan fingerprint density at radius 1 is 1.67 bits per heavy atom. The Morgan fingerprint density at radius 2 is 2.25 bits per heavy atom. The van der Waals surface area contributed by atoms with Crippen LogP contribution in [0.5, 0.6) is 0 Å². The standard InChI is InChI=1S/C9H20N2O/c1-5-7-8(11-10)9(3,4)12-6-2/h5,8,11H,1,6-7,10H2,2-4H3. The third-order valence-corrected chi connectivity index (χ3v) is 1.96. The average molecular weight is 172 g/mol. The first-order valence-electron chi connectivity index (χ1n) is 4.29. The van der Waals surface area contributed by atoms with Crippen molar-refractivity contribution < 1.29 is 4.74 Å². The third kappa shape index (κ3) is 3.34. The lowest BCUT2D eigenvalue weighted by atomic mass is 9.96. The fourth-order valence-corrected chi connectivity index (χ4v) is 1.19. The van der Waals surface area contributed by atoms with Gasteiger partial charge in [-0.3, -0.25) is 11.3 Å². The molecule has 12 heavy (non-hydrogen) atoms. The van der Waals surface area contributed by atoms with Gasteiger partial charge < -0.3 is 4.74 Å². The normalized spacial score (nSPS) is 14.3. The fraction of sp³-hybridized carbons (Fsp3) is 0.778. The van der Waals surface area contributed by atoms with Crippen molar-refractivity contribution in [2.45, 2.75) is 38.8 Å². The van der Waals surface area contributed by atoms with Gasteiger partial charge in [0.25, 0.3) is 0 Å². The number of hydrazine groups is 1. The van der Waals surface area contributed by atoms with Crippen LogP contribution < -0.4 is 11.3 Å². The molecule has 0 aliphatic heterocycles. The van der Waals surface area contributed by atoms with Gasteiger partial charge in [-0.1, -0.05) is 6.08 Å². The van der Waals surface area contributed by atoms with E-state index in [1.54, 1.807) is 0 Å². The number of rotatable bonds is 6. The molecule has 0 aromatic carbocycles. The molecular weight excluding hydrogens is 152 g/mol. The number of nitrogens with two attached hydrogens (primary N) is 1. The molecule has 3 N–H and O–H groups in total. The Kier molecular flexibility index (Phi) is 5.13. The molecule has 1 atom stereocenters. The first kappa shape index (κ1) is 11.6. The van der Waals surface area contributed by atoms with Gasteiger partial charge in [-0.25, -0.2) is 0 Å². The van der Waals surface area contributed by atoms with E-state index in [1.807, 2.05) is 26.8 Å². The van der Waals surface area contributed by atoms with Crippen LogP contribution in [-0.2, 0) is 4.74 Å². The second-order valence-corrected chi connectivity index (χ2v) is 3.28. The molecule has 3 heteroatoms. The van der Waals surface area contributed by atoms with Crippen molar-refractivity contribution in [3.8, 4) is 0 Å². The monoisotopic (exact) mass is 172 g/mol. The van der Waals surface area contributed by atoms with Crippen LogP contribution in [0.15, 0.2) is 12.7 Å². The summed E-state index contributed by atoms with van der Waals surface area (Å²) in [5.41, 5.74) is 2.49. The molecule has 0 rings (SSSR count). The minimum atomic E-state index is -0.238. The van der Waals surface area contributed by atoms with Gasteiger partial charge >= 0.3 is 0 Å². The lowest BCUT2D eigenvalue weighted by molar-refractivity contribution is -0.0374. The Balaban J connectivity index is 4.14. The maximum absolute atomic E-state index is 5.54. The molecule has 0 aromatic heterocycles. The van der Waals surface area contributed by atoms with Gasteiger partial charge in [-0.05, 0) is 27.2 Å². The average Bonchev–Trinajstić information content (AvgIpc) is 1.99. The summed E-state index contributed by atoms with van der Waals surface area (Å²) in [6.45, 7) is 10.4. The van der Waals surface area contributed by atoms with E-state index in [-0.39, 0.29) is 11.6 Å². The highest BCUT2D eigenvalue weighted by Gasteiger charge is 2.27. The highest BCUT2D eigenvalue weighted by molar-refractivity contribution is 4.89. The lowest BCUT2D eigenvalue weighted by Gasteiger charge is -2.32. The van der Waals surface area contributed by atoms with Crippen LogP contribution in [0.1, 0.15) is 27.2 Å². The van der Waals surface area contributed by atoms with E-state index < -0.39 is 0 Å². The van der Waals surface area contributed by atoms with Crippen LogP contribution in [0.3, 0.4) is 0 Å². The Labute approximate surface area is 74.9 Å². The third-order valence-electron chi connectivity index (χ3n) is 1.96. The van der Waals surface area contributed by atoms with Crippen molar-refractivity contribution >= 4 is 0 Å². The minimum absolute atomic E-state index is 0.120. The number of hydrogen-bond donors (Lipinski definition) is 2. The Morgan fingerprint density at radius 3 is 2.58 bits per heavy atom. The van der Waals surface area contributed by atoms with E-state index >= 15 is 0 Å². The van der Waals surface area contributed by atoms with Gasteiger partial charge in [-0.2, -0.15) is 0 Å². The zero-order valence-electron chi connectivity index (χ0n) is 8.26. The van der Waals surface area contributed by atoms with Crippen molar-refractivity contribution in [1.29, 1.82) is 0 Å². The number of ether oxygens (including phenoxy) is 1. The van der Waals surface area contributed by atoms with Gasteiger partial charge in [-0.15, -0.1) is 6.58 Å². The second kappa shape index (κ2) is 5.30. The molecule has 0 heterocycles. The topological polar surface area (TPSA) is 47.3 Å². The molecule has 0 fully saturated rings. The highest BCUT2D eigenvalue weighted by Crippen LogP contribution is 2.16. The van der Waals surface area contributed by atoms with Crippen molar-refractivity contribution in [2.24, 2.45) is 5.84 Å².